The van der Waals surface area contributed by atoms with Gasteiger partial charge in [0, 0.05) is 10.5 Å². The van der Waals surface area contributed by atoms with E-state index in [4.69, 9.17) is 9.52 Å². The van der Waals surface area contributed by atoms with E-state index < -0.39 is 10.0 Å². The van der Waals surface area contributed by atoms with Crippen molar-refractivity contribution < 1.29 is 17.9 Å². The lowest BCUT2D eigenvalue weighted by Crippen LogP contribution is -2.14. The highest BCUT2D eigenvalue weighted by molar-refractivity contribution is 9.10. The number of hydrogen-bond donors (Lipinski definition) is 2. The lowest BCUT2D eigenvalue weighted by atomic mass is 10.1. The van der Waals surface area contributed by atoms with Gasteiger partial charge in [0.15, 0.2) is 4.67 Å². The number of hydrogen-bond acceptors (Lipinski definition) is 4. The molecule has 0 fully saturated rings. The molecular weight excluding hydrogens is 426 g/mol. The molecular formula is C13H13Br2NO4S. The van der Waals surface area contributed by atoms with E-state index in [1.165, 1.54) is 6.07 Å². The van der Waals surface area contributed by atoms with E-state index in [2.05, 4.69) is 36.6 Å². The van der Waals surface area contributed by atoms with Crippen LogP contribution in [-0.2, 0) is 16.6 Å². The van der Waals surface area contributed by atoms with Crippen LogP contribution < -0.4 is 4.72 Å². The predicted molar refractivity (Wildman–Crippen MR) is 86.8 cm³/mol. The maximum Gasteiger partial charge on any atom is 0.266 e. The molecule has 0 atom stereocenters. The van der Waals surface area contributed by atoms with E-state index in [0.717, 1.165) is 11.1 Å². The molecule has 0 unspecified atom stereocenters. The second-order valence-corrected chi connectivity index (χ2v) is 7.78. The van der Waals surface area contributed by atoms with Crippen molar-refractivity contribution in [2.45, 2.75) is 25.3 Å². The van der Waals surface area contributed by atoms with Crippen LogP contribution in [0.1, 0.15) is 16.9 Å². The summed E-state index contributed by atoms with van der Waals surface area (Å²) < 4.78 is 33.2. The maximum atomic E-state index is 12.4. The van der Waals surface area contributed by atoms with Crippen LogP contribution in [0.4, 0.5) is 5.69 Å². The smallest absolute Gasteiger partial charge is 0.266 e. The Balaban J connectivity index is 2.44. The fraction of sp³-hybridized carbons (Fsp3) is 0.231. The summed E-state index contributed by atoms with van der Waals surface area (Å²) in [7, 11) is -3.82. The predicted octanol–water partition coefficient (Wildman–Crippen LogP) is 3.71. The summed E-state index contributed by atoms with van der Waals surface area (Å²) in [6.07, 6.45) is 0. The molecule has 0 bridgehead atoms. The number of anilines is 1. The average molecular weight is 439 g/mol. The highest BCUT2D eigenvalue weighted by Crippen LogP contribution is 2.32. The molecule has 0 aliphatic carbocycles. The van der Waals surface area contributed by atoms with Crippen molar-refractivity contribution >= 4 is 47.6 Å². The molecule has 2 aromatic rings. The molecule has 1 heterocycles. The topological polar surface area (TPSA) is 79.5 Å². The van der Waals surface area contributed by atoms with Gasteiger partial charge in [-0.2, -0.15) is 0 Å². The highest BCUT2D eigenvalue weighted by Gasteiger charge is 2.24. The van der Waals surface area contributed by atoms with Crippen LogP contribution in [0.15, 0.2) is 36.7 Å². The van der Waals surface area contributed by atoms with Crippen LogP contribution in [0.25, 0.3) is 0 Å². The first-order valence-electron chi connectivity index (χ1n) is 5.93. The van der Waals surface area contributed by atoms with Crippen LogP contribution in [0, 0.1) is 13.8 Å². The second-order valence-electron chi connectivity index (χ2n) is 4.55. The summed E-state index contributed by atoms with van der Waals surface area (Å²) >= 11 is 6.41. The van der Waals surface area contributed by atoms with Crippen molar-refractivity contribution in [3.63, 3.8) is 0 Å². The molecule has 0 radical (unpaired) electrons. The molecule has 8 heteroatoms. The minimum atomic E-state index is -3.82. The third-order valence-electron chi connectivity index (χ3n) is 2.82. The fourth-order valence-electron chi connectivity index (χ4n) is 1.89. The van der Waals surface area contributed by atoms with Crippen molar-refractivity contribution in [3.8, 4) is 0 Å². The number of benzene rings is 1. The monoisotopic (exact) mass is 437 g/mol. The molecule has 0 aliphatic heterocycles. The highest BCUT2D eigenvalue weighted by atomic mass is 79.9. The van der Waals surface area contributed by atoms with Gasteiger partial charge in [0.1, 0.15) is 17.3 Å². The quantitative estimate of drug-likeness (QED) is 0.762. The second kappa shape index (κ2) is 6.12. The third-order valence-corrected chi connectivity index (χ3v) is 5.65. The summed E-state index contributed by atoms with van der Waals surface area (Å²) in [6, 6.07) is 4.99. The number of halogens is 2. The van der Waals surface area contributed by atoms with Crippen molar-refractivity contribution in [1.29, 1.82) is 0 Å². The molecule has 2 rings (SSSR count). The van der Waals surface area contributed by atoms with Gasteiger partial charge in [-0.05, 0) is 62.9 Å². The fourth-order valence-corrected chi connectivity index (χ4v) is 4.95. The van der Waals surface area contributed by atoms with Gasteiger partial charge in [-0.1, -0.05) is 6.07 Å². The zero-order valence-electron chi connectivity index (χ0n) is 11.3. The number of nitrogens with one attached hydrogen (secondary N) is 1. The minimum Gasteiger partial charge on any atom is -0.450 e. The van der Waals surface area contributed by atoms with Gasteiger partial charge in [-0.15, -0.1) is 0 Å². The zero-order chi connectivity index (χ0) is 15.8. The van der Waals surface area contributed by atoms with E-state index in [9.17, 15) is 8.42 Å². The lowest BCUT2D eigenvalue weighted by molar-refractivity contribution is 0.245. The third kappa shape index (κ3) is 3.50. The summed E-state index contributed by atoms with van der Waals surface area (Å²) in [5.74, 6) is 0.168. The van der Waals surface area contributed by atoms with Gasteiger partial charge in [0.2, 0.25) is 0 Å². The van der Waals surface area contributed by atoms with Crippen LogP contribution in [0.5, 0.6) is 0 Å². The minimum absolute atomic E-state index is 0.0555. The van der Waals surface area contributed by atoms with Crippen LogP contribution >= 0.6 is 31.9 Å². The molecule has 5 nitrogen and oxygen atoms in total. The van der Waals surface area contributed by atoms with Gasteiger partial charge in [0.25, 0.3) is 10.0 Å². The Morgan fingerprint density at radius 3 is 2.43 bits per heavy atom. The molecule has 2 N–H and O–H groups in total. The largest absolute Gasteiger partial charge is 0.450 e. The van der Waals surface area contributed by atoms with Crippen molar-refractivity contribution in [2.75, 3.05) is 4.72 Å². The normalized spacial score (nSPS) is 11.7. The number of aliphatic hydroxyl groups excluding tert-OH is 1. The molecule has 21 heavy (non-hydrogen) atoms. The van der Waals surface area contributed by atoms with Crippen LogP contribution in [0.3, 0.4) is 0 Å². The van der Waals surface area contributed by atoms with E-state index >= 15 is 0 Å². The van der Waals surface area contributed by atoms with Crippen LogP contribution in [-0.4, -0.2) is 13.5 Å². The Hall–Kier alpha value is -0.830. The lowest BCUT2D eigenvalue weighted by Gasteiger charge is -2.12. The van der Waals surface area contributed by atoms with Gasteiger partial charge in [-0.3, -0.25) is 4.72 Å². The molecule has 114 valence electrons. The number of aryl methyl sites for hydroxylation is 2. The molecule has 0 aliphatic rings. The van der Waals surface area contributed by atoms with Crippen molar-refractivity contribution in [2.24, 2.45) is 0 Å². The van der Waals surface area contributed by atoms with Crippen molar-refractivity contribution in [1.82, 2.24) is 0 Å². The van der Waals surface area contributed by atoms with Gasteiger partial charge in [-0.25, -0.2) is 8.42 Å². The van der Waals surface area contributed by atoms with E-state index in [1.807, 2.05) is 26.0 Å². The molecule has 0 saturated heterocycles. The average Bonchev–Trinajstić information content (AvgIpc) is 2.76. The van der Waals surface area contributed by atoms with Gasteiger partial charge >= 0.3 is 0 Å². The standard InChI is InChI=1S/C13H13Br2NO4S/c1-7-3-8(2)12(10(14)4-7)16-21(18,19)11-5-9(6-17)20-13(11)15/h3-5,16-17H,6H2,1-2H3. The molecule has 0 spiro atoms. The molecule has 0 amide bonds. The van der Waals surface area contributed by atoms with Crippen molar-refractivity contribution in [3.05, 3.63) is 44.2 Å². The Morgan fingerprint density at radius 2 is 1.90 bits per heavy atom. The Labute approximate surface area is 139 Å². The van der Waals surface area contributed by atoms with E-state index in [1.54, 1.807) is 0 Å². The number of furan rings is 1. The molecule has 1 aromatic carbocycles. The first-order valence-corrected chi connectivity index (χ1v) is 9.00. The maximum absolute atomic E-state index is 12.4. The Kier molecular flexibility index (Phi) is 4.82. The summed E-state index contributed by atoms with van der Waals surface area (Å²) in [4.78, 5) is -0.0570. The number of aliphatic hydroxyl groups is 1. The van der Waals surface area contributed by atoms with Gasteiger partial charge < -0.3 is 9.52 Å². The number of sulfonamides is 1. The Bertz CT molecular complexity index is 760. The SMILES string of the molecule is Cc1cc(C)c(NS(=O)(=O)c2cc(CO)oc2Br)c(Br)c1. The van der Waals surface area contributed by atoms with E-state index in [-0.39, 0.29) is 21.9 Å². The first kappa shape index (κ1) is 16.5. The molecule has 1 aromatic heterocycles. The summed E-state index contributed by atoms with van der Waals surface area (Å²) in [5.41, 5.74) is 2.29. The first-order chi connectivity index (χ1) is 9.74. The zero-order valence-corrected chi connectivity index (χ0v) is 15.3. The van der Waals surface area contributed by atoms with Crippen LogP contribution in [0.2, 0.25) is 0 Å². The summed E-state index contributed by atoms with van der Waals surface area (Å²) in [6.45, 7) is 3.37. The Morgan fingerprint density at radius 1 is 1.24 bits per heavy atom. The van der Waals surface area contributed by atoms with Gasteiger partial charge in [0.05, 0.1) is 5.69 Å². The summed E-state index contributed by atoms with van der Waals surface area (Å²) in [5, 5.41) is 9.01. The molecule has 0 saturated carbocycles. The van der Waals surface area contributed by atoms with E-state index in [0.29, 0.717) is 10.2 Å². The number of rotatable bonds is 4.